The van der Waals surface area contributed by atoms with E-state index in [0.29, 0.717) is 0 Å². The van der Waals surface area contributed by atoms with Gasteiger partial charge in [0.1, 0.15) is 0 Å². The van der Waals surface area contributed by atoms with Crippen LogP contribution in [0.5, 0.6) is 0 Å². The highest BCUT2D eigenvalue weighted by atomic mass is 35.5. The van der Waals surface area contributed by atoms with Gasteiger partial charge >= 0.3 is 0 Å². The van der Waals surface area contributed by atoms with Gasteiger partial charge in [-0.15, -0.1) is 37.2 Å². The van der Waals surface area contributed by atoms with Crippen molar-refractivity contribution in [1.29, 1.82) is 0 Å². The fraction of sp³-hybridized carbons (Fsp3) is 0.267. The third-order valence-electron chi connectivity index (χ3n) is 2.83. The zero-order valence-electron chi connectivity index (χ0n) is 12.2. The lowest BCUT2D eigenvalue weighted by Crippen LogP contribution is -2.13. The average molecular weight is 351 g/mol. The molecule has 0 saturated heterocycles. The van der Waals surface area contributed by atoms with Crippen molar-refractivity contribution in [1.82, 2.24) is 10.3 Å². The summed E-state index contributed by atoms with van der Waals surface area (Å²) in [5.41, 5.74) is 3.73. The molecule has 1 aromatic carbocycles. The molecule has 2 aromatic rings. The SMILES string of the molecule is CN(C)c1ccc(CNCc2cccnc2)cc1.Cl.Cl.Cl. The second-order valence-corrected chi connectivity index (χ2v) is 4.53. The molecule has 2 rings (SSSR count). The lowest BCUT2D eigenvalue weighted by molar-refractivity contribution is 0.691. The molecule has 1 aromatic heterocycles. The fourth-order valence-electron chi connectivity index (χ4n) is 1.77. The summed E-state index contributed by atoms with van der Waals surface area (Å²) < 4.78 is 0. The minimum absolute atomic E-state index is 0. The monoisotopic (exact) mass is 349 g/mol. The van der Waals surface area contributed by atoms with Crippen molar-refractivity contribution in [3.05, 3.63) is 59.9 Å². The predicted octanol–water partition coefficient (Wildman–Crippen LogP) is 3.70. The van der Waals surface area contributed by atoms with E-state index in [1.165, 1.54) is 16.8 Å². The van der Waals surface area contributed by atoms with Gasteiger partial charge in [-0.2, -0.15) is 0 Å². The van der Waals surface area contributed by atoms with Crippen LogP contribution in [0.4, 0.5) is 5.69 Å². The highest BCUT2D eigenvalue weighted by Gasteiger charge is 1.96. The summed E-state index contributed by atoms with van der Waals surface area (Å²) in [5, 5.41) is 3.41. The number of pyridine rings is 1. The van der Waals surface area contributed by atoms with Crippen LogP contribution < -0.4 is 10.2 Å². The summed E-state index contributed by atoms with van der Waals surface area (Å²) in [6.45, 7) is 1.73. The molecule has 0 aliphatic heterocycles. The Morgan fingerprint density at radius 2 is 1.52 bits per heavy atom. The molecule has 6 heteroatoms. The maximum absolute atomic E-state index is 4.10. The molecule has 0 aliphatic rings. The van der Waals surface area contributed by atoms with Crippen LogP contribution in [0, 0.1) is 0 Å². The Morgan fingerprint density at radius 3 is 2.05 bits per heavy atom. The summed E-state index contributed by atoms with van der Waals surface area (Å²) >= 11 is 0. The third kappa shape index (κ3) is 7.53. The van der Waals surface area contributed by atoms with Crippen molar-refractivity contribution < 1.29 is 0 Å². The highest BCUT2D eigenvalue weighted by molar-refractivity contribution is 5.86. The van der Waals surface area contributed by atoms with Gasteiger partial charge in [-0.05, 0) is 29.3 Å². The molecule has 0 spiro atoms. The Kier molecular flexibility index (Phi) is 12.3. The summed E-state index contributed by atoms with van der Waals surface area (Å²) in [4.78, 5) is 6.20. The minimum atomic E-state index is 0. The molecule has 0 bridgehead atoms. The Morgan fingerprint density at radius 1 is 0.905 bits per heavy atom. The summed E-state index contributed by atoms with van der Waals surface area (Å²) in [6, 6.07) is 12.6. The average Bonchev–Trinajstić information content (AvgIpc) is 2.40. The van der Waals surface area contributed by atoms with Crippen molar-refractivity contribution in [2.24, 2.45) is 0 Å². The number of hydrogen-bond donors (Lipinski definition) is 1. The van der Waals surface area contributed by atoms with Crippen molar-refractivity contribution in [3.8, 4) is 0 Å². The van der Waals surface area contributed by atoms with E-state index in [0.717, 1.165) is 13.1 Å². The molecule has 0 unspecified atom stereocenters. The maximum atomic E-state index is 4.10. The highest BCUT2D eigenvalue weighted by Crippen LogP contribution is 2.12. The first-order valence-corrected chi connectivity index (χ1v) is 6.11. The number of aromatic nitrogens is 1. The fourth-order valence-corrected chi connectivity index (χ4v) is 1.77. The van der Waals surface area contributed by atoms with Gasteiger partial charge in [0.25, 0.3) is 0 Å². The number of nitrogens with one attached hydrogen (secondary N) is 1. The Hall–Kier alpha value is -1.000. The van der Waals surface area contributed by atoms with Crippen molar-refractivity contribution in [2.45, 2.75) is 13.1 Å². The van der Waals surface area contributed by atoms with E-state index in [1.54, 1.807) is 6.20 Å². The van der Waals surface area contributed by atoms with Crippen LogP contribution in [-0.2, 0) is 13.1 Å². The Balaban J connectivity index is 0. The molecular weight excluding hydrogens is 329 g/mol. The number of nitrogens with zero attached hydrogens (tertiary/aromatic N) is 2. The number of rotatable bonds is 5. The number of halogens is 3. The first-order chi connectivity index (χ1) is 8.75. The zero-order valence-corrected chi connectivity index (χ0v) is 14.6. The van der Waals surface area contributed by atoms with E-state index in [2.05, 4.69) is 59.6 Å². The second-order valence-electron chi connectivity index (χ2n) is 4.53. The summed E-state index contributed by atoms with van der Waals surface area (Å²) in [6.07, 6.45) is 3.69. The Labute approximate surface area is 145 Å². The van der Waals surface area contributed by atoms with Crippen LogP contribution in [-0.4, -0.2) is 19.1 Å². The standard InChI is InChI=1S/C15H19N3.3ClH/c1-18(2)15-7-5-13(6-8-15)10-17-12-14-4-3-9-16-11-14;;;/h3-9,11,17H,10,12H2,1-2H3;3*1H. The second kappa shape index (κ2) is 11.6. The minimum Gasteiger partial charge on any atom is -0.378 e. The molecule has 0 aliphatic carbocycles. The molecule has 0 amide bonds. The largest absolute Gasteiger partial charge is 0.378 e. The first-order valence-electron chi connectivity index (χ1n) is 6.11. The molecule has 0 fully saturated rings. The number of hydrogen-bond acceptors (Lipinski definition) is 3. The van der Waals surface area contributed by atoms with E-state index in [4.69, 9.17) is 0 Å². The predicted molar refractivity (Wildman–Crippen MR) is 97.3 cm³/mol. The quantitative estimate of drug-likeness (QED) is 0.891. The zero-order chi connectivity index (χ0) is 12.8. The Bertz CT molecular complexity index is 475. The van der Waals surface area contributed by atoms with Crippen LogP contribution in [0.15, 0.2) is 48.8 Å². The van der Waals surface area contributed by atoms with Gasteiger partial charge in [0.15, 0.2) is 0 Å². The van der Waals surface area contributed by atoms with Gasteiger partial charge in [0, 0.05) is 45.3 Å². The van der Waals surface area contributed by atoms with E-state index < -0.39 is 0 Å². The summed E-state index contributed by atoms with van der Waals surface area (Å²) in [5.74, 6) is 0. The molecular formula is C15H22Cl3N3. The molecule has 0 radical (unpaired) electrons. The molecule has 0 atom stereocenters. The van der Waals surface area contributed by atoms with E-state index in [9.17, 15) is 0 Å². The van der Waals surface area contributed by atoms with Crippen molar-refractivity contribution >= 4 is 42.9 Å². The van der Waals surface area contributed by atoms with Crippen LogP contribution in [0.2, 0.25) is 0 Å². The molecule has 1 heterocycles. The summed E-state index contributed by atoms with van der Waals surface area (Å²) in [7, 11) is 4.10. The van der Waals surface area contributed by atoms with Gasteiger partial charge in [0.05, 0.1) is 0 Å². The van der Waals surface area contributed by atoms with Crippen LogP contribution in [0.25, 0.3) is 0 Å². The van der Waals surface area contributed by atoms with Crippen LogP contribution in [0.1, 0.15) is 11.1 Å². The first kappa shape index (κ1) is 22.3. The normalized spacial score (nSPS) is 8.86. The molecule has 21 heavy (non-hydrogen) atoms. The van der Waals surface area contributed by atoms with Gasteiger partial charge in [-0.1, -0.05) is 18.2 Å². The molecule has 118 valence electrons. The lowest BCUT2D eigenvalue weighted by atomic mass is 10.2. The number of anilines is 1. The lowest BCUT2D eigenvalue weighted by Gasteiger charge is -2.12. The van der Waals surface area contributed by atoms with Gasteiger partial charge in [-0.25, -0.2) is 0 Å². The van der Waals surface area contributed by atoms with Crippen LogP contribution >= 0.6 is 37.2 Å². The van der Waals surface area contributed by atoms with E-state index in [1.807, 2.05) is 12.3 Å². The van der Waals surface area contributed by atoms with Gasteiger partial charge < -0.3 is 10.2 Å². The van der Waals surface area contributed by atoms with Crippen molar-refractivity contribution in [2.75, 3.05) is 19.0 Å². The smallest absolute Gasteiger partial charge is 0.0361 e. The topological polar surface area (TPSA) is 28.2 Å². The van der Waals surface area contributed by atoms with E-state index in [-0.39, 0.29) is 37.2 Å². The van der Waals surface area contributed by atoms with Gasteiger partial charge in [0.2, 0.25) is 0 Å². The van der Waals surface area contributed by atoms with E-state index >= 15 is 0 Å². The van der Waals surface area contributed by atoms with Gasteiger partial charge in [-0.3, -0.25) is 4.98 Å². The molecule has 3 nitrogen and oxygen atoms in total. The number of benzene rings is 1. The van der Waals surface area contributed by atoms with Crippen LogP contribution in [0.3, 0.4) is 0 Å². The third-order valence-corrected chi connectivity index (χ3v) is 2.83. The van der Waals surface area contributed by atoms with Crippen molar-refractivity contribution in [3.63, 3.8) is 0 Å². The maximum Gasteiger partial charge on any atom is 0.0361 e. The molecule has 1 N–H and O–H groups in total. The molecule has 0 saturated carbocycles.